The second-order valence-corrected chi connectivity index (χ2v) is 12.1. The van der Waals surface area contributed by atoms with Crippen LogP contribution in [0.1, 0.15) is 116 Å². The molecule has 0 atom stereocenters. The molecule has 0 aliphatic rings. The molecular weight excluding hydrogens is 628 g/mol. The van der Waals surface area contributed by atoms with Gasteiger partial charge in [-0.2, -0.15) is 0 Å². The summed E-state index contributed by atoms with van der Waals surface area (Å²) in [6.45, 7) is 12.3. The summed E-state index contributed by atoms with van der Waals surface area (Å²) in [6.07, 6.45) is 2.49. The third-order valence-corrected chi connectivity index (χ3v) is 8.80. The number of aromatic carboxylic acids is 4. The van der Waals surface area contributed by atoms with E-state index in [9.17, 15) is 39.6 Å². The van der Waals surface area contributed by atoms with Crippen molar-refractivity contribution in [2.45, 2.75) is 72.6 Å². The van der Waals surface area contributed by atoms with Gasteiger partial charge in [-0.05, 0) is 95.5 Å². The molecule has 0 heterocycles. The first-order chi connectivity index (χ1) is 23.2. The van der Waals surface area contributed by atoms with Crippen LogP contribution in [-0.4, -0.2) is 44.3 Å². The summed E-state index contributed by atoms with van der Waals surface area (Å²) < 4.78 is 12.5. The molecule has 0 amide bonds. The number of carboxylic acid groups (broad SMARTS) is 4. The molecule has 10 nitrogen and oxygen atoms in total. The van der Waals surface area contributed by atoms with E-state index < -0.39 is 29.3 Å². The Morgan fingerprint density at radius 1 is 0.490 bits per heavy atom. The molecule has 4 aromatic rings. The van der Waals surface area contributed by atoms with Crippen LogP contribution in [0.4, 0.5) is 0 Å². The Morgan fingerprint density at radius 3 is 1.02 bits per heavy atom. The van der Waals surface area contributed by atoms with Crippen LogP contribution in [0.25, 0.3) is 0 Å². The highest BCUT2D eigenvalue weighted by Gasteiger charge is 2.28. The fraction of sp³-hybridized carbons (Fsp3) is 0.282. The van der Waals surface area contributed by atoms with Crippen molar-refractivity contribution in [2.24, 2.45) is 0 Å². The lowest BCUT2D eigenvalue weighted by Gasteiger charge is -2.30. The lowest BCUT2D eigenvalue weighted by atomic mass is 9.75. The van der Waals surface area contributed by atoms with Gasteiger partial charge in [0.25, 0.3) is 0 Å². The fourth-order valence-corrected chi connectivity index (χ4v) is 5.85. The molecule has 0 saturated carbocycles. The Balaban J connectivity index is 1.77. The summed E-state index contributed by atoms with van der Waals surface area (Å²) in [5.41, 5.74) is 3.87. The maximum Gasteiger partial charge on any atom is 0.336 e. The first-order valence-corrected chi connectivity index (χ1v) is 16.1. The molecular formula is C39H40O10. The molecule has 0 radical (unpaired) electrons. The summed E-state index contributed by atoms with van der Waals surface area (Å²) >= 11 is 0. The van der Waals surface area contributed by atoms with Crippen LogP contribution < -0.4 is 9.47 Å². The Labute approximate surface area is 284 Å². The Kier molecular flexibility index (Phi) is 10.8. The van der Waals surface area contributed by atoms with Gasteiger partial charge in [-0.15, -0.1) is 0 Å². The van der Waals surface area contributed by atoms with E-state index in [4.69, 9.17) is 9.47 Å². The van der Waals surface area contributed by atoms with Crippen LogP contribution in [0.5, 0.6) is 23.0 Å². The summed E-state index contributed by atoms with van der Waals surface area (Å²) in [7, 11) is 0. The molecule has 4 rings (SSSR count). The molecule has 0 saturated heterocycles. The Morgan fingerprint density at radius 2 is 0.776 bits per heavy atom. The third kappa shape index (κ3) is 7.43. The summed E-state index contributed by atoms with van der Waals surface area (Å²) in [5, 5.41) is 38.0. The van der Waals surface area contributed by atoms with Gasteiger partial charge in [-0.3, -0.25) is 0 Å². The minimum atomic E-state index is -1.36. The monoisotopic (exact) mass is 668 g/mol. The van der Waals surface area contributed by atoms with E-state index in [1.54, 1.807) is 0 Å². The molecule has 0 aromatic heterocycles. The second kappa shape index (κ2) is 14.6. The van der Waals surface area contributed by atoms with E-state index in [1.165, 1.54) is 36.4 Å². The van der Waals surface area contributed by atoms with Crippen LogP contribution in [0.15, 0.2) is 60.7 Å². The van der Waals surface area contributed by atoms with E-state index >= 15 is 0 Å². The summed E-state index contributed by atoms with van der Waals surface area (Å²) in [5.74, 6) is -3.73. The van der Waals surface area contributed by atoms with Crippen molar-refractivity contribution < 1.29 is 49.1 Å². The van der Waals surface area contributed by atoms with Gasteiger partial charge in [-0.25, -0.2) is 19.2 Å². The van der Waals surface area contributed by atoms with Crippen molar-refractivity contribution in [1.29, 1.82) is 0 Å². The van der Waals surface area contributed by atoms with Crippen LogP contribution in [0.3, 0.4) is 0 Å². The van der Waals surface area contributed by atoms with E-state index in [0.29, 0.717) is 37.2 Å². The van der Waals surface area contributed by atoms with Crippen LogP contribution in [0, 0.1) is 0 Å². The van der Waals surface area contributed by atoms with Crippen molar-refractivity contribution in [1.82, 2.24) is 0 Å². The highest BCUT2D eigenvalue weighted by molar-refractivity contribution is 6.02. The van der Waals surface area contributed by atoms with Gasteiger partial charge in [0.1, 0.15) is 23.0 Å². The third-order valence-electron chi connectivity index (χ3n) is 8.80. The minimum Gasteiger partial charge on any atom is -0.478 e. The van der Waals surface area contributed by atoms with Crippen LogP contribution >= 0.6 is 0 Å². The number of hydrogen-bond donors (Lipinski definition) is 4. The predicted molar refractivity (Wildman–Crippen MR) is 183 cm³/mol. The molecule has 49 heavy (non-hydrogen) atoms. The molecule has 4 N–H and O–H groups in total. The molecule has 0 bridgehead atoms. The quantitative estimate of drug-likeness (QED) is 0.102. The van der Waals surface area contributed by atoms with Crippen LogP contribution in [-0.2, 0) is 31.1 Å². The molecule has 0 unspecified atom stereocenters. The molecule has 0 spiro atoms. The van der Waals surface area contributed by atoms with Crippen molar-refractivity contribution >= 4 is 23.9 Å². The van der Waals surface area contributed by atoms with E-state index in [0.717, 1.165) is 33.4 Å². The lowest BCUT2D eigenvalue weighted by Crippen LogP contribution is -2.21. The number of carboxylic acids is 4. The van der Waals surface area contributed by atoms with Gasteiger partial charge in [0, 0.05) is 5.41 Å². The average molecular weight is 669 g/mol. The number of aryl methyl sites for hydroxylation is 4. The van der Waals surface area contributed by atoms with Gasteiger partial charge < -0.3 is 29.9 Å². The number of rotatable bonds is 14. The minimum absolute atomic E-state index is 0.225. The number of hydrogen-bond acceptors (Lipinski definition) is 6. The molecule has 0 aliphatic heterocycles. The van der Waals surface area contributed by atoms with Gasteiger partial charge in [0.15, 0.2) is 0 Å². The molecule has 0 fully saturated rings. The number of carbonyl (C=O) groups is 4. The standard InChI is InChI=1S/C39H40O10/c1-7-21-15-25(16-22(8-2)33(21)48-27-11-13-29(35(40)41)31(19-27)37(44)45)39(5,6)26-17-23(9-3)34(24(10-4)18-26)49-28-12-14-30(36(42)43)32(20-28)38(46)47/h11-20H,7-10H2,1-6H3,(H,40,41)(H,42,43)(H,44,45)(H,46,47). The van der Waals surface area contributed by atoms with Gasteiger partial charge >= 0.3 is 23.9 Å². The van der Waals surface area contributed by atoms with Gasteiger partial charge in [0.2, 0.25) is 0 Å². The van der Waals surface area contributed by atoms with E-state index in [1.807, 2.05) is 27.7 Å². The highest BCUT2D eigenvalue weighted by Crippen LogP contribution is 2.42. The first kappa shape index (κ1) is 36.2. The Hall–Kier alpha value is -5.64. The normalized spacial score (nSPS) is 11.2. The first-order valence-electron chi connectivity index (χ1n) is 16.1. The highest BCUT2D eigenvalue weighted by atomic mass is 16.5. The van der Waals surface area contributed by atoms with Crippen molar-refractivity contribution in [2.75, 3.05) is 0 Å². The smallest absolute Gasteiger partial charge is 0.336 e. The topological polar surface area (TPSA) is 168 Å². The summed E-state index contributed by atoms with van der Waals surface area (Å²) in [6, 6.07) is 16.2. The zero-order chi connectivity index (χ0) is 36.2. The average Bonchev–Trinajstić information content (AvgIpc) is 3.07. The lowest BCUT2D eigenvalue weighted by molar-refractivity contribution is 0.0651. The van der Waals surface area contributed by atoms with E-state index in [-0.39, 0.29) is 33.8 Å². The zero-order valence-corrected chi connectivity index (χ0v) is 28.3. The predicted octanol–water partition coefficient (Wildman–Crippen LogP) is 8.64. The fourth-order valence-electron chi connectivity index (χ4n) is 5.85. The largest absolute Gasteiger partial charge is 0.478 e. The number of ether oxygens (including phenoxy) is 2. The van der Waals surface area contributed by atoms with Gasteiger partial charge in [-0.1, -0.05) is 65.8 Å². The molecule has 4 aromatic carbocycles. The maximum absolute atomic E-state index is 11.8. The Bertz CT molecular complexity index is 1760. The molecule has 10 heteroatoms. The second-order valence-electron chi connectivity index (χ2n) is 12.1. The van der Waals surface area contributed by atoms with Crippen molar-refractivity contribution in [3.8, 4) is 23.0 Å². The molecule has 0 aliphatic carbocycles. The maximum atomic E-state index is 11.8. The van der Waals surface area contributed by atoms with Gasteiger partial charge in [0.05, 0.1) is 22.3 Å². The SMILES string of the molecule is CCc1cc(C(C)(C)c2cc(CC)c(Oc3ccc(C(=O)O)c(C(=O)O)c3)c(CC)c2)cc(CC)c1Oc1ccc(C(=O)O)c(C(=O)O)c1. The van der Waals surface area contributed by atoms with Crippen LogP contribution in [0.2, 0.25) is 0 Å². The number of benzene rings is 4. The zero-order valence-electron chi connectivity index (χ0n) is 28.3. The van der Waals surface area contributed by atoms with E-state index in [2.05, 4.69) is 38.1 Å². The van der Waals surface area contributed by atoms with Crippen molar-refractivity contribution in [3.05, 3.63) is 116 Å². The molecule has 256 valence electrons. The van der Waals surface area contributed by atoms with Crippen molar-refractivity contribution in [3.63, 3.8) is 0 Å². The summed E-state index contributed by atoms with van der Waals surface area (Å²) in [4.78, 5) is 46.6.